The zero-order valence-electron chi connectivity index (χ0n) is 12.1. The van der Waals surface area contributed by atoms with E-state index in [1.54, 1.807) is 26.0 Å². The number of carbonyl (C=O) groups excluding carboxylic acids is 2. The minimum absolute atomic E-state index is 0.0387. The Bertz CT molecular complexity index is 561. The van der Waals surface area contributed by atoms with Crippen LogP contribution in [0.15, 0.2) is 18.3 Å². The molecule has 1 aromatic rings. The fourth-order valence-corrected chi connectivity index (χ4v) is 1.56. The monoisotopic (exact) mass is 289 g/mol. The lowest BCUT2D eigenvalue weighted by Crippen LogP contribution is -2.45. The van der Waals surface area contributed by atoms with Crippen LogP contribution in [0.1, 0.15) is 36.3 Å². The third-order valence-corrected chi connectivity index (χ3v) is 2.57. The van der Waals surface area contributed by atoms with Crippen molar-refractivity contribution in [3.63, 3.8) is 0 Å². The number of hydrogen-bond donors (Lipinski definition) is 3. The average Bonchev–Trinajstić information content (AvgIpc) is 2.48. The van der Waals surface area contributed by atoms with Crippen LogP contribution in [0.2, 0.25) is 0 Å². The van der Waals surface area contributed by atoms with Crippen LogP contribution in [0, 0.1) is 11.8 Å². The molecule has 0 aliphatic rings. The van der Waals surface area contributed by atoms with Crippen molar-refractivity contribution >= 4 is 11.8 Å². The van der Waals surface area contributed by atoms with E-state index in [2.05, 4.69) is 27.5 Å². The third kappa shape index (κ3) is 5.24. The lowest BCUT2D eigenvalue weighted by Gasteiger charge is -2.13. The largest absolute Gasteiger partial charge is 0.395 e. The highest BCUT2D eigenvalue weighted by Crippen LogP contribution is 2.04. The molecule has 0 saturated heterocycles. The van der Waals surface area contributed by atoms with Crippen LogP contribution in [0.5, 0.6) is 0 Å². The standard InChI is InChI=1S/C15H19N3O3/c1-3-16-14(20)11(2)18-15(21)13-12(7-4-5-10-19)8-6-9-17-13/h6,8-9,11,19H,3,5,10H2,1-2H3,(H,16,20)(H,18,21). The molecule has 1 heterocycles. The summed E-state index contributed by atoms with van der Waals surface area (Å²) in [4.78, 5) is 27.8. The maximum atomic E-state index is 12.1. The van der Waals surface area contributed by atoms with Crippen LogP contribution in [-0.2, 0) is 4.79 Å². The predicted molar refractivity (Wildman–Crippen MR) is 78.4 cm³/mol. The van der Waals surface area contributed by atoms with Crippen molar-refractivity contribution < 1.29 is 14.7 Å². The van der Waals surface area contributed by atoms with Gasteiger partial charge in [-0.05, 0) is 26.0 Å². The Morgan fingerprint density at radius 3 is 2.90 bits per heavy atom. The normalized spacial score (nSPS) is 11.0. The number of aromatic nitrogens is 1. The fraction of sp³-hybridized carbons (Fsp3) is 0.400. The molecule has 6 nitrogen and oxygen atoms in total. The van der Waals surface area contributed by atoms with Crippen molar-refractivity contribution in [1.82, 2.24) is 15.6 Å². The van der Waals surface area contributed by atoms with Gasteiger partial charge in [0.25, 0.3) is 5.91 Å². The number of aliphatic hydroxyl groups excluding tert-OH is 1. The van der Waals surface area contributed by atoms with Crippen molar-refractivity contribution in [1.29, 1.82) is 0 Å². The average molecular weight is 289 g/mol. The topological polar surface area (TPSA) is 91.3 Å². The SMILES string of the molecule is CCNC(=O)C(C)NC(=O)c1ncccc1C#CCCO. The van der Waals surface area contributed by atoms with E-state index in [0.29, 0.717) is 18.5 Å². The molecule has 1 aromatic heterocycles. The first-order valence-electron chi connectivity index (χ1n) is 6.73. The van der Waals surface area contributed by atoms with Gasteiger partial charge in [-0.25, -0.2) is 4.98 Å². The molecule has 112 valence electrons. The number of nitrogens with one attached hydrogen (secondary N) is 2. The highest BCUT2D eigenvalue weighted by Gasteiger charge is 2.18. The third-order valence-electron chi connectivity index (χ3n) is 2.57. The van der Waals surface area contributed by atoms with E-state index >= 15 is 0 Å². The van der Waals surface area contributed by atoms with Crippen LogP contribution in [-0.4, -0.2) is 41.1 Å². The molecule has 1 atom stereocenters. The van der Waals surface area contributed by atoms with Crippen molar-refractivity contribution in [2.45, 2.75) is 26.3 Å². The molecule has 0 aliphatic carbocycles. The Balaban J connectivity index is 2.83. The predicted octanol–water partition coefficient (Wildman–Crippen LogP) is 0.0699. The summed E-state index contributed by atoms with van der Waals surface area (Å²) in [7, 11) is 0. The first kappa shape index (κ1) is 16.7. The van der Waals surface area contributed by atoms with E-state index in [0.717, 1.165) is 0 Å². The zero-order chi connectivity index (χ0) is 15.7. The first-order valence-corrected chi connectivity index (χ1v) is 6.73. The number of likely N-dealkylation sites (N-methyl/N-ethyl adjacent to an activating group) is 1. The zero-order valence-corrected chi connectivity index (χ0v) is 12.1. The Labute approximate surface area is 124 Å². The van der Waals surface area contributed by atoms with Gasteiger partial charge in [0.2, 0.25) is 5.91 Å². The number of pyridine rings is 1. The second-order valence-corrected chi connectivity index (χ2v) is 4.26. The molecule has 3 N–H and O–H groups in total. The summed E-state index contributed by atoms with van der Waals surface area (Å²) in [6.45, 7) is 3.87. The number of nitrogens with zero attached hydrogens (tertiary/aromatic N) is 1. The fourth-order valence-electron chi connectivity index (χ4n) is 1.56. The summed E-state index contributed by atoms with van der Waals surface area (Å²) in [6, 6.07) is 2.69. The smallest absolute Gasteiger partial charge is 0.271 e. The minimum Gasteiger partial charge on any atom is -0.395 e. The van der Waals surface area contributed by atoms with Gasteiger partial charge in [-0.15, -0.1) is 0 Å². The van der Waals surface area contributed by atoms with Crippen molar-refractivity contribution in [2.24, 2.45) is 0 Å². The molecule has 0 aliphatic heterocycles. The summed E-state index contributed by atoms with van der Waals surface area (Å²) in [5.41, 5.74) is 0.630. The molecule has 0 fully saturated rings. The molecule has 21 heavy (non-hydrogen) atoms. The first-order chi connectivity index (χ1) is 10.1. The van der Waals surface area contributed by atoms with Crippen LogP contribution in [0.4, 0.5) is 0 Å². The Morgan fingerprint density at radius 1 is 1.48 bits per heavy atom. The molecule has 6 heteroatoms. The van der Waals surface area contributed by atoms with Gasteiger partial charge in [0, 0.05) is 19.2 Å². The molecular formula is C15H19N3O3. The highest BCUT2D eigenvalue weighted by atomic mass is 16.2. The molecule has 0 bridgehead atoms. The number of carbonyl (C=O) groups is 2. The summed E-state index contributed by atoms with van der Waals surface area (Å²) in [5, 5.41) is 13.9. The minimum atomic E-state index is -0.655. The van der Waals surface area contributed by atoms with Gasteiger partial charge in [-0.3, -0.25) is 9.59 Å². The van der Waals surface area contributed by atoms with Crippen LogP contribution >= 0.6 is 0 Å². The quantitative estimate of drug-likeness (QED) is 0.669. The number of amides is 2. The highest BCUT2D eigenvalue weighted by molar-refractivity contribution is 5.97. The molecule has 1 unspecified atom stereocenters. The molecule has 0 radical (unpaired) electrons. The molecule has 0 saturated carbocycles. The van der Waals surface area contributed by atoms with Gasteiger partial charge in [0.15, 0.2) is 0 Å². The van der Waals surface area contributed by atoms with Crippen molar-refractivity contribution in [3.8, 4) is 11.8 Å². The van der Waals surface area contributed by atoms with Crippen molar-refractivity contribution in [3.05, 3.63) is 29.6 Å². The van der Waals surface area contributed by atoms with Crippen LogP contribution < -0.4 is 10.6 Å². The molecule has 1 rings (SSSR count). The van der Waals surface area contributed by atoms with Gasteiger partial charge in [-0.2, -0.15) is 0 Å². The van der Waals surface area contributed by atoms with E-state index in [9.17, 15) is 9.59 Å². The Morgan fingerprint density at radius 2 is 2.24 bits per heavy atom. The van der Waals surface area contributed by atoms with E-state index in [4.69, 9.17) is 5.11 Å². The summed E-state index contributed by atoms with van der Waals surface area (Å²) in [6.07, 6.45) is 1.81. The summed E-state index contributed by atoms with van der Waals surface area (Å²) in [5.74, 6) is 4.82. The van der Waals surface area contributed by atoms with Crippen LogP contribution in [0.3, 0.4) is 0 Å². The Kier molecular flexibility index (Phi) is 6.92. The second-order valence-electron chi connectivity index (χ2n) is 4.26. The maximum absolute atomic E-state index is 12.1. The van der Waals surface area contributed by atoms with Gasteiger partial charge in [-0.1, -0.05) is 11.8 Å². The molecule has 2 amide bonds. The van der Waals surface area contributed by atoms with Crippen molar-refractivity contribution in [2.75, 3.05) is 13.2 Å². The van der Waals surface area contributed by atoms with Gasteiger partial charge in [0.1, 0.15) is 11.7 Å². The van der Waals surface area contributed by atoms with E-state index in [1.807, 2.05) is 0 Å². The lowest BCUT2D eigenvalue weighted by molar-refractivity contribution is -0.122. The molecular weight excluding hydrogens is 270 g/mol. The maximum Gasteiger partial charge on any atom is 0.271 e. The molecule has 0 aromatic carbocycles. The second kappa shape index (κ2) is 8.72. The summed E-state index contributed by atoms with van der Waals surface area (Å²) < 4.78 is 0. The Hall–Kier alpha value is -2.39. The lowest BCUT2D eigenvalue weighted by atomic mass is 10.1. The van der Waals surface area contributed by atoms with Gasteiger partial charge >= 0.3 is 0 Å². The van der Waals surface area contributed by atoms with E-state index in [1.165, 1.54) is 6.20 Å². The number of rotatable bonds is 5. The number of hydrogen-bond acceptors (Lipinski definition) is 4. The van der Waals surface area contributed by atoms with E-state index in [-0.39, 0.29) is 18.2 Å². The van der Waals surface area contributed by atoms with Gasteiger partial charge < -0.3 is 15.7 Å². The summed E-state index contributed by atoms with van der Waals surface area (Å²) >= 11 is 0. The number of aliphatic hydroxyl groups is 1. The van der Waals surface area contributed by atoms with E-state index < -0.39 is 11.9 Å². The van der Waals surface area contributed by atoms with Gasteiger partial charge in [0.05, 0.1) is 12.2 Å². The molecule has 0 spiro atoms. The van der Waals surface area contributed by atoms with Crippen LogP contribution in [0.25, 0.3) is 0 Å².